The van der Waals surface area contributed by atoms with Crippen molar-refractivity contribution in [3.63, 3.8) is 0 Å². The first-order chi connectivity index (χ1) is 8.56. The molecule has 0 aliphatic rings. The van der Waals surface area contributed by atoms with Gasteiger partial charge in [-0.05, 0) is 36.8 Å². The third-order valence-electron chi connectivity index (χ3n) is 2.89. The van der Waals surface area contributed by atoms with Gasteiger partial charge in [0.2, 0.25) is 0 Å². The lowest BCUT2D eigenvalue weighted by Gasteiger charge is -2.20. The van der Waals surface area contributed by atoms with E-state index in [0.717, 1.165) is 16.9 Å². The van der Waals surface area contributed by atoms with Crippen molar-refractivity contribution in [3.8, 4) is 0 Å². The first kappa shape index (κ1) is 12.4. The van der Waals surface area contributed by atoms with Crippen LogP contribution in [-0.4, -0.2) is 7.05 Å². The van der Waals surface area contributed by atoms with E-state index in [2.05, 4.69) is 0 Å². The average molecular weight is 244 g/mol. The van der Waals surface area contributed by atoms with Crippen molar-refractivity contribution < 1.29 is 4.39 Å². The third-order valence-corrected chi connectivity index (χ3v) is 2.89. The van der Waals surface area contributed by atoms with Gasteiger partial charge >= 0.3 is 0 Å². The monoisotopic (exact) mass is 244 g/mol. The first-order valence-corrected chi connectivity index (χ1v) is 5.88. The highest BCUT2D eigenvalue weighted by Gasteiger charge is 2.06. The van der Waals surface area contributed by atoms with Crippen LogP contribution in [0.3, 0.4) is 0 Å². The molecular formula is C15H17FN2. The fourth-order valence-electron chi connectivity index (χ4n) is 1.99. The van der Waals surface area contributed by atoms with Gasteiger partial charge < -0.3 is 10.6 Å². The van der Waals surface area contributed by atoms with Crippen molar-refractivity contribution in [1.82, 2.24) is 0 Å². The molecule has 0 amide bonds. The van der Waals surface area contributed by atoms with Gasteiger partial charge in [-0.25, -0.2) is 4.39 Å². The Hall–Kier alpha value is -2.03. The summed E-state index contributed by atoms with van der Waals surface area (Å²) in [6.45, 7) is 2.52. The average Bonchev–Trinajstić information content (AvgIpc) is 2.31. The Kier molecular flexibility index (Phi) is 3.51. The molecule has 0 spiro atoms. The van der Waals surface area contributed by atoms with E-state index in [-0.39, 0.29) is 5.82 Å². The van der Waals surface area contributed by atoms with Crippen LogP contribution in [0.25, 0.3) is 0 Å². The standard InChI is InChI=1S/C15H17FN2/c1-11-7-13(17)9-14(8-11)18(2)10-12-5-3-4-6-15(12)16/h3-9H,10,17H2,1-2H3. The number of rotatable bonds is 3. The predicted octanol–water partition coefficient (Wildman–Crippen LogP) is 3.35. The van der Waals surface area contributed by atoms with E-state index < -0.39 is 0 Å². The Morgan fingerprint density at radius 1 is 1.17 bits per heavy atom. The molecule has 0 heterocycles. The number of halogens is 1. The molecular weight excluding hydrogens is 227 g/mol. The van der Waals surface area contributed by atoms with Crippen LogP contribution in [0.5, 0.6) is 0 Å². The number of nitrogen functional groups attached to an aromatic ring is 1. The maximum Gasteiger partial charge on any atom is 0.128 e. The zero-order valence-corrected chi connectivity index (χ0v) is 10.7. The molecule has 2 N–H and O–H groups in total. The second-order valence-electron chi connectivity index (χ2n) is 4.55. The highest BCUT2D eigenvalue weighted by atomic mass is 19.1. The molecule has 2 aromatic carbocycles. The smallest absolute Gasteiger partial charge is 0.128 e. The number of aryl methyl sites for hydroxylation is 1. The molecule has 94 valence electrons. The highest BCUT2D eigenvalue weighted by Crippen LogP contribution is 2.21. The van der Waals surface area contributed by atoms with Crippen LogP contribution in [0.1, 0.15) is 11.1 Å². The second kappa shape index (κ2) is 5.08. The number of hydrogen-bond acceptors (Lipinski definition) is 2. The lowest BCUT2D eigenvalue weighted by molar-refractivity contribution is 0.608. The molecule has 0 aromatic heterocycles. The largest absolute Gasteiger partial charge is 0.399 e. The molecule has 2 nitrogen and oxygen atoms in total. The van der Waals surface area contributed by atoms with Crippen molar-refractivity contribution >= 4 is 11.4 Å². The summed E-state index contributed by atoms with van der Waals surface area (Å²) in [5, 5.41) is 0. The maximum absolute atomic E-state index is 13.6. The summed E-state index contributed by atoms with van der Waals surface area (Å²) in [7, 11) is 1.93. The van der Waals surface area contributed by atoms with Gasteiger partial charge in [0.1, 0.15) is 5.82 Å². The van der Waals surface area contributed by atoms with Crippen LogP contribution in [-0.2, 0) is 6.54 Å². The molecule has 0 fully saturated rings. The van der Waals surface area contributed by atoms with E-state index in [1.54, 1.807) is 12.1 Å². The molecule has 3 heteroatoms. The van der Waals surface area contributed by atoms with Gasteiger partial charge in [0, 0.05) is 30.5 Å². The summed E-state index contributed by atoms with van der Waals surface area (Å²) in [5.41, 5.74) is 9.33. The molecule has 2 aromatic rings. The van der Waals surface area contributed by atoms with E-state index in [1.165, 1.54) is 6.07 Å². The van der Waals surface area contributed by atoms with Gasteiger partial charge in [-0.3, -0.25) is 0 Å². The van der Waals surface area contributed by atoms with Crippen LogP contribution in [0.4, 0.5) is 15.8 Å². The number of nitrogens with zero attached hydrogens (tertiary/aromatic N) is 1. The van der Waals surface area contributed by atoms with Crippen LogP contribution in [0.15, 0.2) is 42.5 Å². The Balaban J connectivity index is 2.22. The van der Waals surface area contributed by atoms with Gasteiger partial charge in [-0.1, -0.05) is 18.2 Å². The van der Waals surface area contributed by atoms with Crippen LogP contribution >= 0.6 is 0 Å². The Labute approximate surface area is 107 Å². The van der Waals surface area contributed by atoms with Crippen molar-refractivity contribution in [2.45, 2.75) is 13.5 Å². The van der Waals surface area contributed by atoms with Gasteiger partial charge in [0.15, 0.2) is 0 Å². The number of anilines is 2. The second-order valence-corrected chi connectivity index (χ2v) is 4.55. The summed E-state index contributed by atoms with van der Waals surface area (Å²) in [5.74, 6) is -0.176. The van der Waals surface area contributed by atoms with Crippen molar-refractivity contribution in [2.24, 2.45) is 0 Å². The fraction of sp³-hybridized carbons (Fsp3) is 0.200. The van der Waals surface area contributed by atoms with Crippen LogP contribution < -0.4 is 10.6 Å². The molecule has 0 aliphatic carbocycles. The lowest BCUT2D eigenvalue weighted by atomic mass is 10.1. The van der Waals surface area contributed by atoms with Gasteiger partial charge in [-0.15, -0.1) is 0 Å². The Morgan fingerprint density at radius 2 is 1.89 bits per heavy atom. The van der Waals surface area contributed by atoms with Gasteiger partial charge in [0.05, 0.1) is 0 Å². The van der Waals surface area contributed by atoms with Crippen molar-refractivity contribution in [2.75, 3.05) is 17.7 Å². The zero-order valence-electron chi connectivity index (χ0n) is 10.7. The van der Waals surface area contributed by atoms with E-state index in [9.17, 15) is 4.39 Å². The van der Waals surface area contributed by atoms with E-state index in [1.807, 2.05) is 43.1 Å². The maximum atomic E-state index is 13.6. The number of nitrogens with two attached hydrogens (primary N) is 1. The molecule has 0 bridgehead atoms. The minimum absolute atomic E-state index is 0.176. The molecule has 0 saturated heterocycles. The molecule has 0 aliphatic heterocycles. The minimum atomic E-state index is -0.176. The summed E-state index contributed by atoms with van der Waals surface area (Å²) < 4.78 is 13.6. The van der Waals surface area contributed by atoms with E-state index >= 15 is 0 Å². The lowest BCUT2D eigenvalue weighted by Crippen LogP contribution is -2.17. The third kappa shape index (κ3) is 2.80. The fourth-order valence-corrected chi connectivity index (χ4v) is 1.99. The molecule has 0 unspecified atom stereocenters. The summed E-state index contributed by atoms with van der Waals surface area (Å²) in [4.78, 5) is 1.99. The van der Waals surface area contributed by atoms with E-state index in [0.29, 0.717) is 12.1 Å². The zero-order chi connectivity index (χ0) is 13.1. The normalized spacial score (nSPS) is 10.4. The van der Waals surface area contributed by atoms with E-state index in [4.69, 9.17) is 5.73 Å². The van der Waals surface area contributed by atoms with Crippen LogP contribution in [0, 0.1) is 12.7 Å². The molecule has 0 atom stereocenters. The van der Waals surface area contributed by atoms with Gasteiger partial charge in [-0.2, -0.15) is 0 Å². The molecule has 0 radical (unpaired) electrons. The molecule has 2 rings (SSSR count). The van der Waals surface area contributed by atoms with Crippen LogP contribution in [0.2, 0.25) is 0 Å². The molecule has 18 heavy (non-hydrogen) atoms. The summed E-state index contributed by atoms with van der Waals surface area (Å²) in [6, 6.07) is 12.7. The summed E-state index contributed by atoms with van der Waals surface area (Å²) >= 11 is 0. The quantitative estimate of drug-likeness (QED) is 0.839. The Bertz CT molecular complexity index is 532. The Morgan fingerprint density at radius 3 is 2.56 bits per heavy atom. The highest BCUT2D eigenvalue weighted by molar-refractivity contribution is 5.58. The first-order valence-electron chi connectivity index (χ1n) is 5.88. The predicted molar refractivity (Wildman–Crippen MR) is 74.1 cm³/mol. The van der Waals surface area contributed by atoms with Crippen molar-refractivity contribution in [3.05, 3.63) is 59.4 Å². The SMILES string of the molecule is Cc1cc(N)cc(N(C)Cc2ccccc2F)c1. The van der Waals surface area contributed by atoms with Crippen molar-refractivity contribution in [1.29, 1.82) is 0 Å². The number of benzene rings is 2. The number of hydrogen-bond donors (Lipinski definition) is 1. The topological polar surface area (TPSA) is 29.3 Å². The summed E-state index contributed by atoms with van der Waals surface area (Å²) in [6.07, 6.45) is 0. The van der Waals surface area contributed by atoms with Gasteiger partial charge in [0.25, 0.3) is 0 Å². The minimum Gasteiger partial charge on any atom is -0.399 e. The molecule has 0 saturated carbocycles.